The third kappa shape index (κ3) is 2.50. The van der Waals surface area contributed by atoms with Gasteiger partial charge in [-0.15, -0.1) is 5.10 Å². The van der Waals surface area contributed by atoms with E-state index >= 15 is 0 Å². The Hall–Kier alpha value is -1.91. The lowest BCUT2D eigenvalue weighted by atomic mass is 10.2. The van der Waals surface area contributed by atoms with Crippen molar-refractivity contribution in [3.63, 3.8) is 0 Å². The lowest BCUT2D eigenvalue weighted by Gasteiger charge is -2.22. The molecule has 2 rings (SSSR count). The van der Waals surface area contributed by atoms with E-state index in [0.29, 0.717) is 0 Å². The molecule has 0 amide bonds. The fraction of sp³-hybridized carbons (Fsp3) is 0.462. The summed E-state index contributed by atoms with van der Waals surface area (Å²) in [5.74, 6) is -0.307. The first-order valence-corrected chi connectivity index (χ1v) is 5.91. The monoisotopic (exact) mass is 247 g/mol. The lowest BCUT2D eigenvalue weighted by molar-refractivity contribution is -0.158. The summed E-state index contributed by atoms with van der Waals surface area (Å²) in [6.45, 7) is 7.29. The number of rotatable bonds is 2. The van der Waals surface area contributed by atoms with Gasteiger partial charge in [0.05, 0.1) is 5.52 Å². The molecule has 0 radical (unpaired) electrons. The number of hydrogen-bond donors (Lipinski definition) is 0. The Morgan fingerprint density at radius 3 is 2.67 bits per heavy atom. The van der Waals surface area contributed by atoms with Crippen molar-refractivity contribution < 1.29 is 9.53 Å². The quantitative estimate of drug-likeness (QED) is 0.764. The predicted molar refractivity (Wildman–Crippen MR) is 68.1 cm³/mol. The fourth-order valence-electron chi connectivity index (χ4n) is 1.66. The average molecular weight is 247 g/mol. The number of carbonyl (C=O) groups excluding carboxylic acids is 1. The van der Waals surface area contributed by atoms with Crippen molar-refractivity contribution in [3.8, 4) is 0 Å². The highest BCUT2D eigenvalue weighted by Crippen LogP contribution is 2.18. The van der Waals surface area contributed by atoms with E-state index in [9.17, 15) is 4.79 Å². The summed E-state index contributed by atoms with van der Waals surface area (Å²) in [7, 11) is 0. The molecule has 0 spiro atoms. The van der Waals surface area contributed by atoms with Gasteiger partial charge in [0, 0.05) is 0 Å². The van der Waals surface area contributed by atoms with E-state index in [-0.39, 0.29) is 5.97 Å². The van der Waals surface area contributed by atoms with Gasteiger partial charge >= 0.3 is 5.97 Å². The zero-order valence-corrected chi connectivity index (χ0v) is 11.0. The SMILES string of the molecule is CC(C(=O)OC(C)(C)C)n1nnc2ccccc21. The molecule has 0 aliphatic rings. The zero-order chi connectivity index (χ0) is 13.3. The first kappa shape index (κ1) is 12.5. The van der Waals surface area contributed by atoms with Crippen LogP contribution in [-0.2, 0) is 9.53 Å². The van der Waals surface area contributed by atoms with Gasteiger partial charge in [0.25, 0.3) is 0 Å². The van der Waals surface area contributed by atoms with Crippen LogP contribution >= 0.6 is 0 Å². The number of aromatic nitrogens is 3. The van der Waals surface area contributed by atoms with Crippen molar-refractivity contribution in [1.82, 2.24) is 15.0 Å². The molecule has 1 unspecified atom stereocenters. The summed E-state index contributed by atoms with van der Waals surface area (Å²) >= 11 is 0. The maximum absolute atomic E-state index is 12.0. The summed E-state index contributed by atoms with van der Waals surface area (Å²) in [5, 5.41) is 8.04. The van der Waals surface area contributed by atoms with Crippen LogP contribution in [0.4, 0.5) is 0 Å². The third-order valence-corrected chi connectivity index (χ3v) is 2.49. The summed E-state index contributed by atoms with van der Waals surface area (Å²) in [6, 6.07) is 7.04. The Bertz CT molecular complexity index is 569. The normalized spacial score (nSPS) is 13.6. The van der Waals surface area contributed by atoms with Crippen molar-refractivity contribution in [1.29, 1.82) is 0 Å². The molecule has 0 bridgehead atoms. The van der Waals surface area contributed by atoms with E-state index in [1.165, 1.54) is 0 Å². The number of ether oxygens (including phenoxy) is 1. The van der Waals surface area contributed by atoms with E-state index in [4.69, 9.17) is 4.74 Å². The Morgan fingerprint density at radius 2 is 2.00 bits per heavy atom. The van der Waals surface area contributed by atoms with Crippen LogP contribution in [0.3, 0.4) is 0 Å². The Labute approximate surface area is 106 Å². The van der Waals surface area contributed by atoms with Gasteiger partial charge in [-0.05, 0) is 39.8 Å². The smallest absolute Gasteiger partial charge is 0.331 e. The Morgan fingerprint density at radius 1 is 1.33 bits per heavy atom. The van der Waals surface area contributed by atoms with Crippen molar-refractivity contribution in [2.45, 2.75) is 39.3 Å². The maximum Gasteiger partial charge on any atom is 0.331 e. The molecule has 18 heavy (non-hydrogen) atoms. The minimum absolute atomic E-state index is 0.307. The van der Waals surface area contributed by atoms with Gasteiger partial charge in [0.2, 0.25) is 0 Å². The van der Waals surface area contributed by atoms with Crippen LogP contribution in [0.25, 0.3) is 11.0 Å². The van der Waals surface area contributed by atoms with Crippen molar-refractivity contribution in [3.05, 3.63) is 24.3 Å². The predicted octanol–water partition coefficient (Wildman–Crippen LogP) is 2.33. The topological polar surface area (TPSA) is 57.0 Å². The van der Waals surface area contributed by atoms with Crippen LogP contribution in [0.2, 0.25) is 0 Å². The molecule has 0 aliphatic heterocycles. The molecule has 0 N–H and O–H groups in total. The fourth-order valence-corrected chi connectivity index (χ4v) is 1.66. The van der Waals surface area contributed by atoms with E-state index in [1.807, 2.05) is 45.0 Å². The second kappa shape index (κ2) is 4.40. The molecule has 1 atom stereocenters. The number of carbonyl (C=O) groups is 1. The highest BCUT2D eigenvalue weighted by Gasteiger charge is 2.24. The standard InChI is InChI=1S/C13H17N3O2/c1-9(12(17)18-13(2,3)4)16-11-8-6-5-7-10(11)14-15-16/h5-9H,1-4H3. The minimum atomic E-state index is -0.498. The van der Waals surface area contributed by atoms with Gasteiger partial charge in [-0.3, -0.25) is 0 Å². The van der Waals surface area contributed by atoms with Crippen LogP contribution < -0.4 is 0 Å². The maximum atomic E-state index is 12.0. The molecule has 5 heteroatoms. The van der Waals surface area contributed by atoms with Gasteiger partial charge in [0.15, 0.2) is 0 Å². The molecule has 1 aromatic heterocycles. The highest BCUT2D eigenvalue weighted by atomic mass is 16.6. The summed E-state index contributed by atoms with van der Waals surface area (Å²) in [5.41, 5.74) is 1.10. The van der Waals surface area contributed by atoms with Crippen LogP contribution in [0.5, 0.6) is 0 Å². The van der Waals surface area contributed by atoms with E-state index in [0.717, 1.165) is 11.0 Å². The second-order valence-electron chi connectivity index (χ2n) is 5.23. The average Bonchev–Trinajstić information content (AvgIpc) is 2.69. The number of benzene rings is 1. The van der Waals surface area contributed by atoms with Gasteiger partial charge < -0.3 is 4.74 Å². The molecule has 2 aromatic rings. The first-order valence-electron chi connectivity index (χ1n) is 5.91. The minimum Gasteiger partial charge on any atom is -0.458 e. The molecular weight excluding hydrogens is 230 g/mol. The number of nitrogens with zero attached hydrogens (tertiary/aromatic N) is 3. The molecule has 0 saturated heterocycles. The van der Waals surface area contributed by atoms with Crippen LogP contribution in [0.1, 0.15) is 33.7 Å². The molecule has 1 aromatic carbocycles. The molecule has 96 valence electrons. The van der Waals surface area contributed by atoms with Gasteiger partial charge in [-0.2, -0.15) is 0 Å². The summed E-state index contributed by atoms with van der Waals surface area (Å²) in [4.78, 5) is 12.0. The van der Waals surface area contributed by atoms with Gasteiger partial charge in [-0.25, -0.2) is 9.48 Å². The largest absolute Gasteiger partial charge is 0.458 e. The van der Waals surface area contributed by atoms with Crippen molar-refractivity contribution in [2.24, 2.45) is 0 Å². The van der Waals surface area contributed by atoms with Crippen molar-refractivity contribution >= 4 is 17.0 Å². The molecule has 0 saturated carbocycles. The second-order valence-corrected chi connectivity index (χ2v) is 5.23. The van der Waals surface area contributed by atoms with E-state index < -0.39 is 11.6 Å². The van der Waals surface area contributed by atoms with Crippen LogP contribution in [-0.4, -0.2) is 26.6 Å². The number of para-hydroxylation sites is 1. The van der Waals surface area contributed by atoms with Crippen LogP contribution in [0, 0.1) is 0 Å². The van der Waals surface area contributed by atoms with Crippen molar-refractivity contribution in [2.75, 3.05) is 0 Å². The number of hydrogen-bond acceptors (Lipinski definition) is 4. The van der Waals surface area contributed by atoms with E-state index in [2.05, 4.69) is 10.3 Å². The molecule has 0 aliphatic carbocycles. The summed E-state index contributed by atoms with van der Waals surface area (Å²) < 4.78 is 6.93. The molecule has 0 fully saturated rings. The van der Waals surface area contributed by atoms with Gasteiger partial charge in [-0.1, -0.05) is 17.3 Å². The zero-order valence-electron chi connectivity index (χ0n) is 11.0. The molecule has 1 heterocycles. The number of fused-ring (bicyclic) bond motifs is 1. The number of esters is 1. The molecular formula is C13H17N3O2. The van der Waals surface area contributed by atoms with E-state index in [1.54, 1.807) is 11.6 Å². The Kier molecular flexibility index (Phi) is 3.07. The first-order chi connectivity index (χ1) is 8.38. The van der Waals surface area contributed by atoms with Gasteiger partial charge in [0.1, 0.15) is 17.2 Å². The molecule has 5 nitrogen and oxygen atoms in total. The highest BCUT2D eigenvalue weighted by molar-refractivity contribution is 5.79. The van der Waals surface area contributed by atoms with Crippen LogP contribution in [0.15, 0.2) is 24.3 Å². The summed E-state index contributed by atoms with van der Waals surface area (Å²) in [6.07, 6.45) is 0. The third-order valence-electron chi connectivity index (χ3n) is 2.49. The lowest BCUT2D eigenvalue weighted by Crippen LogP contribution is -2.29. The Balaban J connectivity index is 2.28.